The minimum Gasteiger partial charge on any atom is -0.474 e. The SMILES string of the molecule is CC(O)(COc1ccc(C(F)(F)F)cn1)C(=O)Nc1ccc(C#N)c(C(F)(F)F)c1. The standard InChI is InChI=1S/C18H13F6N3O3/c1-16(29,9-30-14-5-3-11(8-26-14)17(19,20)21)15(28)27-12-4-2-10(7-25)13(6-12)18(22,23)24/h2-6,8,29H,9H2,1H3,(H,27,28). The number of ether oxygens (including phenoxy) is 1. The van der Waals surface area contributed by atoms with E-state index >= 15 is 0 Å². The molecule has 1 aromatic carbocycles. The zero-order chi connectivity index (χ0) is 22.7. The molecule has 2 rings (SSSR count). The molecule has 0 spiro atoms. The zero-order valence-corrected chi connectivity index (χ0v) is 15.1. The van der Waals surface area contributed by atoms with Crippen LogP contribution in [0.4, 0.5) is 32.0 Å². The predicted molar refractivity (Wildman–Crippen MR) is 90.1 cm³/mol. The molecule has 2 aromatic rings. The number of aliphatic hydroxyl groups is 1. The summed E-state index contributed by atoms with van der Waals surface area (Å²) in [6.45, 7) is 0.236. The number of amides is 1. The molecule has 160 valence electrons. The molecule has 0 saturated heterocycles. The number of aromatic nitrogens is 1. The Morgan fingerprint density at radius 2 is 1.83 bits per heavy atom. The van der Waals surface area contributed by atoms with Crippen LogP contribution in [0.2, 0.25) is 0 Å². The molecule has 0 aliphatic carbocycles. The maximum atomic E-state index is 13.0. The number of nitriles is 1. The first-order valence-corrected chi connectivity index (χ1v) is 8.05. The van der Waals surface area contributed by atoms with Crippen molar-refractivity contribution in [2.45, 2.75) is 24.9 Å². The second kappa shape index (κ2) is 8.19. The van der Waals surface area contributed by atoms with Crippen molar-refractivity contribution in [3.63, 3.8) is 0 Å². The zero-order valence-electron chi connectivity index (χ0n) is 15.1. The van der Waals surface area contributed by atoms with E-state index in [1.807, 2.05) is 0 Å². The second-order valence-electron chi connectivity index (χ2n) is 6.27. The molecule has 0 bridgehead atoms. The summed E-state index contributed by atoms with van der Waals surface area (Å²) in [5.41, 5.74) is -5.55. The summed E-state index contributed by atoms with van der Waals surface area (Å²) in [5.74, 6) is -1.46. The lowest BCUT2D eigenvalue weighted by Crippen LogP contribution is -2.45. The molecule has 1 unspecified atom stereocenters. The minimum atomic E-state index is -4.84. The Bertz CT molecular complexity index is 963. The van der Waals surface area contributed by atoms with E-state index in [1.165, 1.54) is 6.07 Å². The summed E-state index contributed by atoms with van der Waals surface area (Å²) >= 11 is 0. The van der Waals surface area contributed by atoms with Gasteiger partial charge >= 0.3 is 12.4 Å². The third-order valence-electron chi connectivity index (χ3n) is 3.76. The van der Waals surface area contributed by atoms with Crippen LogP contribution in [0.1, 0.15) is 23.6 Å². The lowest BCUT2D eigenvalue weighted by molar-refractivity contribution is -0.138. The van der Waals surface area contributed by atoms with Crippen molar-refractivity contribution in [3.05, 3.63) is 53.2 Å². The number of halogens is 6. The Morgan fingerprint density at radius 3 is 2.33 bits per heavy atom. The Kier molecular flexibility index (Phi) is 6.27. The number of rotatable bonds is 5. The van der Waals surface area contributed by atoms with E-state index in [-0.39, 0.29) is 11.6 Å². The first kappa shape index (κ1) is 23.0. The number of hydrogen-bond acceptors (Lipinski definition) is 5. The number of hydrogen-bond donors (Lipinski definition) is 2. The van der Waals surface area contributed by atoms with Crippen LogP contribution < -0.4 is 10.1 Å². The number of carbonyl (C=O) groups excluding carboxylic acids is 1. The maximum absolute atomic E-state index is 13.0. The first-order chi connectivity index (χ1) is 13.7. The van der Waals surface area contributed by atoms with Gasteiger partial charge in [-0.1, -0.05) is 0 Å². The predicted octanol–water partition coefficient (Wildman–Crippen LogP) is 3.76. The molecular weight excluding hydrogens is 420 g/mol. The van der Waals surface area contributed by atoms with Crippen molar-refractivity contribution in [1.82, 2.24) is 4.98 Å². The van der Waals surface area contributed by atoms with E-state index in [0.717, 1.165) is 25.1 Å². The number of anilines is 1. The van der Waals surface area contributed by atoms with E-state index in [0.29, 0.717) is 18.3 Å². The number of pyridine rings is 1. The van der Waals surface area contributed by atoms with Gasteiger partial charge in [-0.05, 0) is 31.2 Å². The van der Waals surface area contributed by atoms with E-state index < -0.39 is 47.2 Å². The fourth-order valence-electron chi connectivity index (χ4n) is 2.13. The van der Waals surface area contributed by atoms with Crippen LogP contribution in [0.15, 0.2) is 36.5 Å². The number of nitrogens with one attached hydrogen (secondary N) is 1. The molecule has 1 atom stereocenters. The Morgan fingerprint density at radius 1 is 1.17 bits per heavy atom. The first-order valence-electron chi connectivity index (χ1n) is 8.05. The summed E-state index contributed by atoms with van der Waals surface area (Å²) in [5, 5.41) is 21.0. The molecule has 1 aromatic heterocycles. The molecular formula is C18H13F6N3O3. The van der Waals surface area contributed by atoms with E-state index in [4.69, 9.17) is 10.00 Å². The molecule has 1 heterocycles. The fourth-order valence-corrected chi connectivity index (χ4v) is 2.13. The van der Waals surface area contributed by atoms with E-state index in [9.17, 15) is 36.2 Å². The van der Waals surface area contributed by atoms with Gasteiger partial charge in [0.25, 0.3) is 5.91 Å². The minimum absolute atomic E-state index is 0.311. The molecule has 0 radical (unpaired) electrons. The Hall–Kier alpha value is -3.33. The van der Waals surface area contributed by atoms with Gasteiger partial charge in [-0.25, -0.2) is 4.98 Å². The molecule has 1 amide bonds. The fraction of sp³-hybridized carbons (Fsp3) is 0.278. The van der Waals surface area contributed by atoms with Gasteiger partial charge in [0.1, 0.15) is 6.61 Å². The van der Waals surface area contributed by atoms with Gasteiger partial charge < -0.3 is 15.2 Å². The van der Waals surface area contributed by atoms with Crippen molar-refractivity contribution in [2.75, 3.05) is 11.9 Å². The summed E-state index contributed by atoms with van der Waals surface area (Å²) < 4.78 is 81.4. The summed E-state index contributed by atoms with van der Waals surface area (Å²) in [6.07, 6.45) is -8.95. The van der Waals surface area contributed by atoms with Crippen molar-refractivity contribution in [3.8, 4) is 11.9 Å². The van der Waals surface area contributed by atoms with Gasteiger partial charge in [-0.15, -0.1) is 0 Å². The van der Waals surface area contributed by atoms with Crippen LogP contribution in [-0.2, 0) is 17.1 Å². The quantitative estimate of drug-likeness (QED) is 0.701. The lowest BCUT2D eigenvalue weighted by atomic mass is 10.1. The van der Waals surface area contributed by atoms with Gasteiger partial charge in [-0.2, -0.15) is 31.6 Å². The largest absolute Gasteiger partial charge is 0.474 e. The van der Waals surface area contributed by atoms with Crippen molar-refractivity contribution < 1.29 is 41.0 Å². The van der Waals surface area contributed by atoms with Crippen molar-refractivity contribution >= 4 is 11.6 Å². The van der Waals surface area contributed by atoms with Gasteiger partial charge in [0.15, 0.2) is 5.60 Å². The molecule has 6 nitrogen and oxygen atoms in total. The number of alkyl halides is 6. The average molecular weight is 433 g/mol. The highest BCUT2D eigenvalue weighted by molar-refractivity contribution is 5.97. The highest BCUT2D eigenvalue weighted by Gasteiger charge is 2.36. The molecule has 30 heavy (non-hydrogen) atoms. The monoisotopic (exact) mass is 433 g/mol. The molecule has 0 saturated carbocycles. The summed E-state index contributed by atoms with van der Waals surface area (Å²) in [7, 11) is 0. The Labute approximate surface area is 165 Å². The molecule has 2 N–H and O–H groups in total. The molecule has 0 aliphatic heterocycles. The topological polar surface area (TPSA) is 95.2 Å². The average Bonchev–Trinajstić information content (AvgIpc) is 2.65. The summed E-state index contributed by atoms with van der Waals surface area (Å²) in [4.78, 5) is 15.6. The highest BCUT2D eigenvalue weighted by atomic mass is 19.4. The second-order valence-corrected chi connectivity index (χ2v) is 6.27. The van der Waals surface area contributed by atoms with Crippen LogP contribution in [-0.4, -0.2) is 28.2 Å². The number of nitrogens with zero attached hydrogens (tertiary/aromatic N) is 2. The van der Waals surface area contributed by atoms with Gasteiger partial charge in [0.2, 0.25) is 5.88 Å². The van der Waals surface area contributed by atoms with Crippen LogP contribution in [0.3, 0.4) is 0 Å². The van der Waals surface area contributed by atoms with Crippen LogP contribution in [0, 0.1) is 11.3 Å². The Balaban J connectivity index is 2.08. The van der Waals surface area contributed by atoms with Crippen LogP contribution in [0.5, 0.6) is 5.88 Å². The van der Waals surface area contributed by atoms with Gasteiger partial charge in [0, 0.05) is 18.0 Å². The van der Waals surface area contributed by atoms with E-state index in [2.05, 4.69) is 10.3 Å². The highest BCUT2D eigenvalue weighted by Crippen LogP contribution is 2.34. The van der Waals surface area contributed by atoms with Gasteiger partial charge in [0.05, 0.1) is 22.8 Å². The molecule has 0 fully saturated rings. The van der Waals surface area contributed by atoms with Crippen LogP contribution >= 0.6 is 0 Å². The van der Waals surface area contributed by atoms with Crippen LogP contribution in [0.25, 0.3) is 0 Å². The lowest BCUT2D eigenvalue weighted by Gasteiger charge is -2.22. The van der Waals surface area contributed by atoms with Crippen molar-refractivity contribution in [1.29, 1.82) is 5.26 Å². The maximum Gasteiger partial charge on any atom is 0.417 e. The molecule has 12 heteroatoms. The number of benzene rings is 1. The smallest absolute Gasteiger partial charge is 0.417 e. The summed E-state index contributed by atoms with van der Waals surface area (Å²) in [6, 6.07) is 5.39. The third-order valence-corrected chi connectivity index (χ3v) is 3.76. The van der Waals surface area contributed by atoms with Gasteiger partial charge in [-0.3, -0.25) is 4.79 Å². The molecule has 0 aliphatic rings. The number of carbonyl (C=O) groups is 1. The normalized spacial score (nSPS) is 13.8. The van der Waals surface area contributed by atoms with Crippen molar-refractivity contribution in [2.24, 2.45) is 0 Å². The van der Waals surface area contributed by atoms with E-state index in [1.54, 1.807) is 0 Å². The third kappa shape index (κ3) is 5.60.